The van der Waals surface area contributed by atoms with E-state index in [1.807, 2.05) is 0 Å². The molecule has 5 nitrogen and oxygen atoms in total. The van der Waals surface area contributed by atoms with Crippen LogP contribution in [0.1, 0.15) is 50.7 Å². The van der Waals surface area contributed by atoms with Gasteiger partial charge in [0.1, 0.15) is 22.9 Å². The molecule has 0 saturated heterocycles. The maximum atomic E-state index is 14.1. The highest BCUT2D eigenvalue weighted by atomic mass is 19.1. The molecule has 0 unspecified atom stereocenters. The van der Waals surface area contributed by atoms with Crippen molar-refractivity contribution in [3.05, 3.63) is 59.4 Å². The molecule has 0 fully saturated rings. The van der Waals surface area contributed by atoms with E-state index in [0.717, 1.165) is 12.1 Å². The van der Waals surface area contributed by atoms with Crippen LogP contribution < -0.4 is 5.32 Å². The molecule has 27 heavy (non-hydrogen) atoms. The topological polar surface area (TPSA) is 68.3 Å². The number of nitrogens with one attached hydrogen (secondary N) is 1. The van der Waals surface area contributed by atoms with Crippen LogP contribution in [-0.2, 0) is 10.2 Å². The summed E-state index contributed by atoms with van der Waals surface area (Å²) in [6.45, 7) is 8.30. The second kappa shape index (κ2) is 7.42. The van der Waals surface area contributed by atoms with Crippen molar-refractivity contribution in [3.8, 4) is 0 Å². The van der Waals surface area contributed by atoms with E-state index >= 15 is 0 Å². The highest BCUT2D eigenvalue weighted by molar-refractivity contribution is 6.02. The van der Waals surface area contributed by atoms with Gasteiger partial charge in [0.15, 0.2) is 5.78 Å². The largest absolute Gasteiger partial charge is 0.444 e. The van der Waals surface area contributed by atoms with E-state index in [-0.39, 0.29) is 11.3 Å². The van der Waals surface area contributed by atoms with Crippen molar-refractivity contribution in [2.75, 3.05) is 5.32 Å². The smallest absolute Gasteiger partial charge is 0.412 e. The highest BCUT2D eigenvalue weighted by Gasteiger charge is 2.34. The van der Waals surface area contributed by atoms with Gasteiger partial charge in [-0.15, -0.1) is 0 Å². The number of carbonyl (C=O) groups excluding carboxylic acids is 2. The summed E-state index contributed by atoms with van der Waals surface area (Å²) in [5, 5.41) is 2.51. The number of benzene rings is 1. The van der Waals surface area contributed by atoms with Gasteiger partial charge in [-0.1, -0.05) is 6.07 Å². The van der Waals surface area contributed by atoms with Crippen LogP contribution in [0.15, 0.2) is 36.5 Å². The molecule has 1 amide bonds. The summed E-state index contributed by atoms with van der Waals surface area (Å²) in [5.74, 6) is -1.94. The average molecular weight is 376 g/mol. The van der Waals surface area contributed by atoms with Crippen molar-refractivity contribution < 1.29 is 23.1 Å². The predicted molar refractivity (Wildman–Crippen MR) is 97.8 cm³/mol. The molecule has 0 aliphatic carbocycles. The molecule has 7 heteroatoms. The molecule has 0 saturated carbocycles. The molecule has 2 aromatic rings. The number of hydrogen-bond acceptors (Lipinski definition) is 4. The van der Waals surface area contributed by atoms with Gasteiger partial charge in [-0.3, -0.25) is 15.1 Å². The molecule has 2 rings (SSSR count). The summed E-state index contributed by atoms with van der Waals surface area (Å²) in [4.78, 5) is 28.6. The van der Waals surface area contributed by atoms with Crippen molar-refractivity contribution >= 4 is 17.6 Å². The number of hydrogen-bond donors (Lipinski definition) is 1. The second-order valence-corrected chi connectivity index (χ2v) is 7.64. The summed E-state index contributed by atoms with van der Waals surface area (Å²) in [6.07, 6.45) is 0.672. The number of anilines is 1. The van der Waals surface area contributed by atoms with Crippen molar-refractivity contribution in [2.24, 2.45) is 0 Å². The molecule has 1 aromatic heterocycles. The van der Waals surface area contributed by atoms with Gasteiger partial charge in [-0.25, -0.2) is 13.6 Å². The van der Waals surface area contributed by atoms with Crippen molar-refractivity contribution in [3.63, 3.8) is 0 Å². The normalized spacial score (nSPS) is 11.8. The highest BCUT2D eigenvalue weighted by Crippen LogP contribution is 2.30. The van der Waals surface area contributed by atoms with Crippen LogP contribution in [0.25, 0.3) is 0 Å². The summed E-state index contributed by atoms with van der Waals surface area (Å²) in [5.41, 5.74) is -1.36. The Morgan fingerprint density at radius 1 is 1.04 bits per heavy atom. The minimum atomic E-state index is -1.25. The lowest BCUT2D eigenvalue weighted by Gasteiger charge is -2.24. The number of Topliss-reactive ketones (excluding diaryl/α,β-unsaturated/α-hetero) is 1. The third-order valence-electron chi connectivity index (χ3n) is 3.81. The minimum absolute atomic E-state index is 0.0756. The number of amides is 1. The lowest BCUT2D eigenvalue weighted by molar-refractivity contribution is 0.0635. The van der Waals surface area contributed by atoms with E-state index in [4.69, 9.17) is 4.74 Å². The van der Waals surface area contributed by atoms with Crippen LogP contribution >= 0.6 is 0 Å². The molecule has 0 aliphatic rings. The van der Waals surface area contributed by atoms with E-state index in [0.29, 0.717) is 5.69 Å². The summed E-state index contributed by atoms with van der Waals surface area (Å²) < 4.78 is 32.4. The van der Waals surface area contributed by atoms with Crippen LogP contribution in [0.2, 0.25) is 0 Å². The molecular weight excluding hydrogens is 354 g/mol. The Bertz CT molecular complexity index is 857. The van der Waals surface area contributed by atoms with Crippen LogP contribution in [-0.4, -0.2) is 22.5 Å². The van der Waals surface area contributed by atoms with Gasteiger partial charge in [0.05, 0.1) is 17.3 Å². The van der Waals surface area contributed by atoms with Gasteiger partial charge in [-0.05, 0) is 52.8 Å². The fourth-order valence-corrected chi connectivity index (χ4v) is 2.46. The number of ether oxygens (including phenoxy) is 1. The van der Waals surface area contributed by atoms with Gasteiger partial charge >= 0.3 is 6.09 Å². The zero-order valence-corrected chi connectivity index (χ0v) is 15.9. The van der Waals surface area contributed by atoms with Gasteiger partial charge in [0, 0.05) is 11.6 Å². The fourth-order valence-electron chi connectivity index (χ4n) is 2.46. The van der Waals surface area contributed by atoms with Gasteiger partial charge in [0.25, 0.3) is 0 Å². The molecule has 0 radical (unpaired) electrons. The Morgan fingerprint density at radius 3 is 2.22 bits per heavy atom. The monoisotopic (exact) mass is 376 g/mol. The first kappa shape index (κ1) is 20.5. The Kier molecular flexibility index (Phi) is 5.63. The maximum Gasteiger partial charge on any atom is 0.412 e. The zero-order valence-electron chi connectivity index (χ0n) is 15.9. The van der Waals surface area contributed by atoms with E-state index in [2.05, 4.69) is 10.3 Å². The third kappa shape index (κ3) is 5.09. The number of rotatable bonds is 4. The van der Waals surface area contributed by atoms with Crippen LogP contribution in [0.4, 0.5) is 19.3 Å². The number of halogens is 2. The SMILES string of the molecule is CC(C)(C)OC(=O)Nc1ccc(C(=O)C(C)(C)c2ccc(F)cc2F)nc1. The van der Waals surface area contributed by atoms with E-state index in [9.17, 15) is 18.4 Å². The van der Waals surface area contributed by atoms with Crippen molar-refractivity contribution in [1.29, 1.82) is 0 Å². The standard InChI is InChI=1S/C20H22F2N2O3/c1-19(2,3)27-18(26)24-13-7-9-16(23-11-13)17(25)20(4,5)14-8-6-12(21)10-15(14)22/h6-11H,1-5H3,(H,24,26). The van der Waals surface area contributed by atoms with Crippen LogP contribution in [0, 0.1) is 11.6 Å². The Hall–Kier alpha value is -2.83. The predicted octanol–water partition coefficient (Wildman–Crippen LogP) is 4.87. The van der Waals surface area contributed by atoms with Gasteiger partial charge in [0.2, 0.25) is 0 Å². The molecule has 1 heterocycles. The maximum absolute atomic E-state index is 14.1. The van der Waals surface area contributed by atoms with Crippen molar-refractivity contribution in [2.45, 2.75) is 45.6 Å². The molecule has 0 atom stereocenters. The van der Waals surface area contributed by atoms with E-state index in [1.165, 1.54) is 24.4 Å². The zero-order chi connectivity index (χ0) is 20.4. The number of nitrogens with zero attached hydrogens (tertiary/aromatic N) is 1. The Labute approximate surface area is 156 Å². The summed E-state index contributed by atoms with van der Waals surface area (Å²) >= 11 is 0. The fraction of sp³-hybridized carbons (Fsp3) is 0.350. The second-order valence-electron chi connectivity index (χ2n) is 7.64. The van der Waals surface area contributed by atoms with Crippen LogP contribution in [0.5, 0.6) is 0 Å². The first-order valence-corrected chi connectivity index (χ1v) is 8.36. The summed E-state index contributed by atoms with van der Waals surface area (Å²) in [6, 6.07) is 6.03. The molecule has 1 N–H and O–H groups in total. The number of pyridine rings is 1. The Balaban J connectivity index is 2.18. The average Bonchev–Trinajstić information content (AvgIpc) is 2.52. The first-order chi connectivity index (χ1) is 12.4. The molecular formula is C20H22F2N2O3. The van der Waals surface area contributed by atoms with Crippen LogP contribution in [0.3, 0.4) is 0 Å². The quantitative estimate of drug-likeness (QED) is 0.773. The van der Waals surface area contributed by atoms with E-state index < -0.39 is 34.5 Å². The third-order valence-corrected chi connectivity index (χ3v) is 3.81. The minimum Gasteiger partial charge on any atom is -0.444 e. The number of aromatic nitrogens is 1. The summed E-state index contributed by atoms with van der Waals surface area (Å²) in [7, 11) is 0. The molecule has 0 bridgehead atoms. The molecule has 144 valence electrons. The van der Waals surface area contributed by atoms with Gasteiger partial charge < -0.3 is 4.74 Å². The van der Waals surface area contributed by atoms with Crippen molar-refractivity contribution in [1.82, 2.24) is 4.98 Å². The molecule has 0 spiro atoms. The number of carbonyl (C=O) groups is 2. The first-order valence-electron chi connectivity index (χ1n) is 8.36. The van der Waals surface area contributed by atoms with E-state index in [1.54, 1.807) is 34.6 Å². The Morgan fingerprint density at radius 2 is 1.70 bits per heavy atom. The number of ketones is 1. The lowest BCUT2D eigenvalue weighted by Crippen LogP contribution is -2.31. The molecule has 1 aromatic carbocycles. The van der Waals surface area contributed by atoms with Gasteiger partial charge in [-0.2, -0.15) is 0 Å². The molecule has 0 aliphatic heterocycles. The lowest BCUT2D eigenvalue weighted by atomic mass is 9.79.